The second-order valence-electron chi connectivity index (χ2n) is 16.0. The van der Waals surface area contributed by atoms with Crippen LogP contribution in [-0.2, 0) is 36.5 Å². The summed E-state index contributed by atoms with van der Waals surface area (Å²) in [7, 11) is 1.70. The fraction of sp³-hybridized carbons (Fsp3) is 0.659. The van der Waals surface area contributed by atoms with Crippen LogP contribution in [-0.4, -0.2) is 93.9 Å². The summed E-state index contributed by atoms with van der Waals surface area (Å²) in [5, 5.41) is 17.3. The normalized spacial score (nSPS) is 19.5. The molecule has 2 fully saturated rings. The molecule has 1 aromatic carbocycles. The molecular weight excluding hydrogens is 764 g/mol. The molecule has 1 aliphatic carbocycles. The van der Waals surface area contributed by atoms with Crippen LogP contribution >= 0.6 is 11.3 Å². The maximum atomic E-state index is 14.4. The number of nitrogens with one attached hydrogen (secondary N) is 2. The number of carbonyl (C=O) groups excluding carboxylic acids is 4. The SMILES string of the molecule is CCN1CCCC[C@@H]1C(=O)N[C@H](C(=O)N(C)[C@H](C[C@@H](OC(C)=O)c1nc(C(=O)N[C@@H](Cc2ccc(C(F)(F)F)cc2)C[C@H](C)C(=O)O)cs1)C(C)C)[C@@H](C)C1CC1. The van der Waals surface area contributed by atoms with Gasteiger partial charge in [-0.3, -0.25) is 28.9 Å². The van der Waals surface area contributed by atoms with E-state index in [2.05, 4.69) is 20.5 Å². The van der Waals surface area contributed by atoms with E-state index >= 15 is 0 Å². The smallest absolute Gasteiger partial charge is 0.416 e. The van der Waals surface area contributed by atoms with E-state index < -0.39 is 59.7 Å². The molecule has 316 valence electrons. The molecule has 2 aliphatic rings. The second-order valence-corrected chi connectivity index (χ2v) is 16.9. The van der Waals surface area contributed by atoms with Crippen molar-refractivity contribution in [2.24, 2.45) is 23.7 Å². The molecular formula is C41H58F3N5O7S. The lowest BCUT2D eigenvalue weighted by atomic mass is 9.91. The van der Waals surface area contributed by atoms with Crippen molar-refractivity contribution in [1.82, 2.24) is 25.4 Å². The quantitative estimate of drug-likeness (QED) is 0.135. The van der Waals surface area contributed by atoms with Crippen LogP contribution in [0.2, 0.25) is 0 Å². The molecule has 0 bridgehead atoms. The number of aliphatic carboxylic acids is 1. The van der Waals surface area contributed by atoms with Crippen molar-refractivity contribution in [2.45, 2.75) is 129 Å². The Morgan fingerprint density at radius 2 is 1.68 bits per heavy atom. The van der Waals surface area contributed by atoms with Gasteiger partial charge >= 0.3 is 18.1 Å². The van der Waals surface area contributed by atoms with Gasteiger partial charge in [-0.05, 0) is 87.1 Å². The van der Waals surface area contributed by atoms with Crippen molar-refractivity contribution < 1.29 is 47.0 Å². The van der Waals surface area contributed by atoms with Crippen molar-refractivity contribution in [3.05, 3.63) is 51.5 Å². The predicted octanol–water partition coefficient (Wildman–Crippen LogP) is 6.50. The minimum Gasteiger partial charge on any atom is -0.481 e. The zero-order valence-corrected chi connectivity index (χ0v) is 34.8. The summed E-state index contributed by atoms with van der Waals surface area (Å²) in [4.78, 5) is 74.1. The summed E-state index contributed by atoms with van der Waals surface area (Å²) in [5.74, 6) is -3.40. The van der Waals surface area contributed by atoms with Gasteiger partial charge in [-0.2, -0.15) is 13.2 Å². The largest absolute Gasteiger partial charge is 0.481 e. The Balaban J connectivity index is 1.52. The Morgan fingerprint density at radius 3 is 2.25 bits per heavy atom. The minimum absolute atomic E-state index is 0.00389. The average Bonchev–Trinajstić information content (AvgIpc) is 3.89. The van der Waals surface area contributed by atoms with E-state index in [1.54, 1.807) is 11.9 Å². The number of piperidine rings is 1. The molecule has 1 saturated heterocycles. The minimum atomic E-state index is -4.52. The Kier molecular flexibility index (Phi) is 16.1. The number of alkyl halides is 3. The van der Waals surface area contributed by atoms with Crippen molar-refractivity contribution in [2.75, 3.05) is 20.1 Å². The number of aromatic nitrogens is 1. The zero-order valence-electron chi connectivity index (χ0n) is 33.9. The van der Waals surface area contributed by atoms with Gasteiger partial charge in [0.1, 0.15) is 16.7 Å². The number of amides is 3. The number of halogens is 3. The van der Waals surface area contributed by atoms with E-state index in [0.29, 0.717) is 16.5 Å². The highest BCUT2D eigenvalue weighted by Gasteiger charge is 2.42. The summed E-state index contributed by atoms with van der Waals surface area (Å²) in [6, 6.07) is 2.23. The summed E-state index contributed by atoms with van der Waals surface area (Å²) < 4.78 is 45.2. The van der Waals surface area contributed by atoms with Gasteiger partial charge in [0.2, 0.25) is 11.8 Å². The highest BCUT2D eigenvalue weighted by Crippen LogP contribution is 2.39. The van der Waals surface area contributed by atoms with Crippen molar-refractivity contribution >= 4 is 41.0 Å². The molecule has 12 nitrogen and oxygen atoms in total. The van der Waals surface area contributed by atoms with Crippen LogP contribution in [0, 0.1) is 23.7 Å². The molecule has 57 heavy (non-hydrogen) atoms. The Hall–Kier alpha value is -4.05. The second kappa shape index (κ2) is 20.1. The number of benzene rings is 1. The lowest BCUT2D eigenvalue weighted by molar-refractivity contribution is -0.149. The van der Waals surface area contributed by atoms with E-state index in [1.807, 2.05) is 27.7 Å². The molecule has 0 unspecified atom stereocenters. The number of ether oxygens (including phenoxy) is 1. The van der Waals surface area contributed by atoms with Gasteiger partial charge in [0.25, 0.3) is 5.91 Å². The molecule has 2 heterocycles. The Morgan fingerprint density at radius 1 is 1.02 bits per heavy atom. The number of thiazole rings is 1. The third-order valence-corrected chi connectivity index (χ3v) is 12.3. The first kappa shape index (κ1) is 45.6. The molecule has 0 radical (unpaired) electrons. The van der Waals surface area contributed by atoms with Crippen LogP contribution in [0.4, 0.5) is 13.2 Å². The van der Waals surface area contributed by atoms with Gasteiger partial charge < -0.3 is 25.4 Å². The number of esters is 1. The first-order valence-electron chi connectivity index (χ1n) is 19.9. The highest BCUT2D eigenvalue weighted by molar-refractivity contribution is 7.09. The first-order chi connectivity index (χ1) is 26.8. The topological polar surface area (TPSA) is 158 Å². The van der Waals surface area contributed by atoms with Gasteiger partial charge in [0.05, 0.1) is 17.5 Å². The number of carboxylic acids is 1. The summed E-state index contributed by atoms with van der Waals surface area (Å²) in [5.41, 5.74) is -0.359. The molecule has 0 spiro atoms. The lowest BCUT2D eigenvalue weighted by Crippen LogP contribution is -2.58. The van der Waals surface area contributed by atoms with Gasteiger partial charge in [-0.15, -0.1) is 11.3 Å². The van der Waals surface area contributed by atoms with Crippen molar-refractivity contribution in [3.8, 4) is 0 Å². The number of carbonyl (C=O) groups is 5. The Bertz CT molecular complexity index is 1700. The lowest BCUT2D eigenvalue weighted by Gasteiger charge is -2.39. The number of rotatable bonds is 19. The molecule has 1 aliphatic heterocycles. The van der Waals surface area contributed by atoms with Crippen LogP contribution in [0.15, 0.2) is 29.6 Å². The molecule has 1 aromatic heterocycles. The van der Waals surface area contributed by atoms with Crippen molar-refractivity contribution in [3.63, 3.8) is 0 Å². The molecule has 4 rings (SSSR count). The highest BCUT2D eigenvalue weighted by atomic mass is 32.1. The summed E-state index contributed by atoms with van der Waals surface area (Å²) in [6.07, 6.45) is -0.509. The fourth-order valence-corrected chi connectivity index (χ4v) is 8.58. The van der Waals surface area contributed by atoms with Crippen LogP contribution < -0.4 is 10.6 Å². The third kappa shape index (κ3) is 12.7. The van der Waals surface area contributed by atoms with Gasteiger partial charge in [0.15, 0.2) is 6.10 Å². The van der Waals surface area contributed by atoms with Crippen LogP contribution in [0.3, 0.4) is 0 Å². The number of carboxylic acid groups (broad SMARTS) is 1. The van der Waals surface area contributed by atoms with E-state index in [9.17, 15) is 42.3 Å². The third-order valence-electron chi connectivity index (χ3n) is 11.3. The van der Waals surface area contributed by atoms with E-state index in [0.717, 1.165) is 68.7 Å². The molecule has 3 N–H and O–H groups in total. The van der Waals surface area contributed by atoms with Crippen LogP contribution in [0.25, 0.3) is 0 Å². The number of likely N-dealkylation sites (tertiary alicyclic amines) is 1. The number of hydrogen-bond acceptors (Lipinski definition) is 9. The maximum Gasteiger partial charge on any atom is 0.416 e. The maximum absolute atomic E-state index is 14.4. The van der Waals surface area contributed by atoms with Gasteiger partial charge in [-0.1, -0.05) is 53.2 Å². The van der Waals surface area contributed by atoms with Gasteiger partial charge in [0, 0.05) is 37.9 Å². The molecule has 16 heteroatoms. The standard InChI is InChI=1S/C41H58F3N5O7S/c1-8-49-18-10-9-11-32(49)37(52)47-35(25(5)28-14-15-28)39(53)48(7)33(23(2)3)21-34(56-26(6)50)38-46-31(22-57-38)36(51)45-30(19-24(4)40(54)55)20-27-12-16-29(17-13-27)41(42,43)44/h12-13,16-17,22-25,28,30,32-35H,8-11,14-15,18-21H2,1-7H3,(H,45,51)(H,47,52)(H,54,55)/t24-,25-,30+,32+,33+,34+,35-/m0/s1. The molecule has 1 saturated carbocycles. The average molecular weight is 822 g/mol. The fourth-order valence-electron chi connectivity index (χ4n) is 7.74. The molecule has 2 aromatic rings. The first-order valence-corrected chi connectivity index (χ1v) is 20.8. The monoisotopic (exact) mass is 821 g/mol. The molecule has 3 amide bonds. The van der Waals surface area contributed by atoms with E-state index in [1.165, 1.54) is 31.4 Å². The van der Waals surface area contributed by atoms with E-state index in [4.69, 9.17) is 4.74 Å². The summed E-state index contributed by atoms with van der Waals surface area (Å²) in [6.45, 7) is 12.3. The number of likely N-dealkylation sites (N-methyl/N-ethyl adjacent to an activating group) is 2. The Labute approximate surface area is 337 Å². The number of nitrogens with zero attached hydrogens (tertiary/aromatic N) is 3. The summed E-state index contributed by atoms with van der Waals surface area (Å²) >= 11 is 1.09. The van der Waals surface area contributed by atoms with Crippen LogP contribution in [0.5, 0.6) is 0 Å². The van der Waals surface area contributed by atoms with Gasteiger partial charge in [-0.25, -0.2) is 4.98 Å². The van der Waals surface area contributed by atoms with Crippen LogP contribution in [0.1, 0.15) is 119 Å². The number of hydrogen-bond donors (Lipinski definition) is 3. The zero-order chi connectivity index (χ0) is 42.2. The molecule has 7 atom stereocenters. The van der Waals surface area contributed by atoms with E-state index in [-0.39, 0.29) is 54.6 Å². The predicted molar refractivity (Wildman–Crippen MR) is 209 cm³/mol. The van der Waals surface area contributed by atoms with Crippen molar-refractivity contribution in [1.29, 1.82) is 0 Å².